The Hall–Kier alpha value is -2.87. The van der Waals surface area contributed by atoms with Crippen LogP contribution in [0.25, 0.3) is 0 Å². The fourth-order valence-electron chi connectivity index (χ4n) is 3.97. The number of benzene rings is 2. The maximum atomic E-state index is 13.8. The van der Waals surface area contributed by atoms with Gasteiger partial charge in [0.15, 0.2) is 0 Å². The summed E-state index contributed by atoms with van der Waals surface area (Å²) in [6.07, 6.45) is 2.27. The first kappa shape index (κ1) is 28.4. The van der Waals surface area contributed by atoms with Gasteiger partial charge in [0.2, 0.25) is 21.8 Å². The molecule has 0 aliphatic heterocycles. The van der Waals surface area contributed by atoms with E-state index in [2.05, 4.69) is 5.32 Å². The van der Waals surface area contributed by atoms with Gasteiger partial charge in [-0.3, -0.25) is 13.9 Å². The minimum Gasteiger partial charge on any atom is -0.352 e. The van der Waals surface area contributed by atoms with Crippen LogP contribution in [0.15, 0.2) is 42.5 Å². The lowest BCUT2D eigenvalue weighted by Crippen LogP contribution is -2.53. The lowest BCUT2D eigenvalue weighted by Gasteiger charge is -2.33. The van der Waals surface area contributed by atoms with Crippen molar-refractivity contribution in [2.24, 2.45) is 0 Å². The highest BCUT2D eigenvalue weighted by molar-refractivity contribution is 7.92. The van der Waals surface area contributed by atoms with Crippen molar-refractivity contribution >= 4 is 27.5 Å². The highest BCUT2D eigenvalue weighted by Gasteiger charge is 2.32. The molecule has 8 heteroatoms. The van der Waals surface area contributed by atoms with Crippen LogP contribution in [0.5, 0.6) is 0 Å². The molecular weight excluding hydrogens is 462 g/mol. The minimum atomic E-state index is -3.76. The summed E-state index contributed by atoms with van der Waals surface area (Å²) in [7, 11) is -3.76. The van der Waals surface area contributed by atoms with Crippen molar-refractivity contribution in [2.45, 2.75) is 73.0 Å². The third-order valence-corrected chi connectivity index (χ3v) is 7.47. The number of aryl methyl sites for hydroxylation is 2. The summed E-state index contributed by atoms with van der Waals surface area (Å²) in [5.74, 6) is -0.663. The Balaban J connectivity index is 2.49. The van der Waals surface area contributed by atoms with Crippen LogP contribution >= 0.6 is 0 Å². The maximum absolute atomic E-state index is 13.8. The predicted molar refractivity (Wildman–Crippen MR) is 142 cm³/mol. The van der Waals surface area contributed by atoms with Crippen LogP contribution in [0, 0.1) is 20.8 Å². The highest BCUT2D eigenvalue weighted by Crippen LogP contribution is 2.25. The molecule has 35 heavy (non-hydrogen) atoms. The molecule has 0 fully saturated rings. The fraction of sp³-hybridized carbons (Fsp3) is 0.481. The smallest absolute Gasteiger partial charge is 0.244 e. The zero-order valence-electron chi connectivity index (χ0n) is 22.0. The van der Waals surface area contributed by atoms with Gasteiger partial charge in [-0.05, 0) is 63.3 Å². The van der Waals surface area contributed by atoms with Gasteiger partial charge in [0.1, 0.15) is 12.6 Å². The number of sulfonamides is 1. The standard InChI is InChI=1S/C27H39N3O4S/c1-8-21(5)28-27(32)24(9-2)29(17-23-14-10-12-19(3)16-23)26(31)18-30(35(7,33)34)25-15-11-13-20(4)22(25)6/h10-16,21,24H,8-9,17-18H2,1-7H3,(H,28,32)/t21-,24-/m1/s1. The van der Waals surface area contributed by atoms with E-state index in [1.54, 1.807) is 12.1 Å². The first-order valence-corrected chi connectivity index (χ1v) is 13.9. The summed E-state index contributed by atoms with van der Waals surface area (Å²) in [6, 6.07) is 12.4. The van der Waals surface area contributed by atoms with Crippen LogP contribution in [0.3, 0.4) is 0 Å². The summed E-state index contributed by atoms with van der Waals surface area (Å²) in [5, 5.41) is 2.98. The zero-order valence-corrected chi connectivity index (χ0v) is 22.8. The molecule has 7 nitrogen and oxygen atoms in total. The van der Waals surface area contributed by atoms with Gasteiger partial charge in [0.25, 0.3) is 0 Å². The van der Waals surface area contributed by atoms with Crippen molar-refractivity contribution in [3.05, 3.63) is 64.7 Å². The van der Waals surface area contributed by atoms with Crippen LogP contribution in [0.2, 0.25) is 0 Å². The number of rotatable bonds is 11. The van der Waals surface area contributed by atoms with Gasteiger partial charge in [0.05, 0.1) is 11.9 Å². The molecule has 0 aliphatic rings. The molecule has 2 rings (SSSR count). The van der Waals surface area contributed by atoms with Gasteiger partial charge in [-0.2, -0.15) is 0 Å². The molecule has 0 saturated heterocycles. The van der Waals surface area contributed by atoms with E-state index in [0.717, 1.165) is 39.2 Å². The monoisotopic (exact) mass is 501 g/mol. The Morgan fingerprint density at radius 3 is 2.23 bits per heavy atom. The van der Waals surface area contributed by atoms with Crippen molar-refractivity contribution in [2.75, 3.05) is 17.1 Å². The van der Waals surface area contributed by atoms with E-state index in [1.165, 1.54) is 4.90 Å². The molecule has 0 heterocycles. The summed E-state index contributed by atoms with van der Waals surface area (Å²) >= 11 is 0. The number of nitrogens with zero attached hydrogens (tertiary/aromatic N) is 2. The lowest BCUT2D eigenvalue weighted by molar-refractivity contribution is -0.140. The number of hydrogen-bond acceptors (Lipinski definition) is 4. The average molecular weight is 502 g/mol. The summed E-state index contributed by atoms with van der Waals surface area (Å²) < 4.78 is 26.7. The van der Waals surface area contributed by atoms with E-state index in [-0.39, 0.29) is 25.0 Å². The number of amides is 2. The molecule has 0 aromatic heterocycles. The lowest BCUT2D eigenvalue weighted by atomic mass is 10.1. The molecule has 0 saturated carbocycles. The summed E-state index contributed by atoms with van der Waals surface area (Å²) in [5.41, 5.74) is 4.11. The molecule has 2 aromatic rings. The largest absolute Gasteiger partial charge is 0.352 e. The Morgan fingerprint density at radius 2 is 1.66 bits per heavy atom. The SMILES string of the molecule is CC[C@@H](C)NC(=O)[C@@H](CC)N(Cc1cccc(C)c1)C(=O)CN(c1cccc(C)c1C)S(C)(=O)=O. The van der Waals surface area contributed by atoms with Gasteiger partial charge in [-0.1, -0.05) is 55.8 Å². The normalized spacial score (nSPS) is 13.1. The molecule has 192 valence electrons. The molecule has 0 spiro atoms. The molecule has 0 aliphatic carbocycles. The third-order valence-electron chi connectivity index (χ3n) is 6.35. The second-order valence-electron chi connectivity index (χ2n) is 9.24. The topological polar surface area (TPSA) is 86.8 Å². The van der Waals surface area contributed by atoms with E-state index >= 15 is 0 Å². The van der Waals surface area contributed by atoms with E-state index in [1.807, 2.05) is 71.9 Å². The average Bonchev–Trinajstić information content (AvgIpc) is 2.78. The predicted octanol–water partition coefficient (Wildman–Crippen LogP) is 4.10. The Labute approximate surface area is 210 Å². The Kier molecular flexibility index (Phi) is 9.89. The number of nitrogens with one attached hydrogen (secondary N) is 1. The molecule has 0 unspecified atom stereocenters. The van der Waals surface area contributed by atoms with Gasteiger partial charge >= 0.3 is 0 Å². The molecule has 1 N–H and O–H groups in total. The number of hydrogen-bond donors (Lipinski definition) is 1. The van der Waals surface area contributed by atoms with E-state index in [4.69, 9.17) is 0 Å². The molecule has 2 aromatic carbocycles. The van der Waals surface area contributed by atoms with Crippen molar-refractivity contribution in [1.29, 1.82) is 0 Å². The molecule has 2 atom stereocenters. The molecular formula is C27H39N3O4S. The maximum Gasteiger partial charge on any atom is 0.244 e. The van der Waals surface area contributed by atoms with E-state index < -0.39 is 22.0 Å². The Bertz CT molecular complexity index is 1150. The number of carbonyl (C=O) groups is 2. The number of anilines is 1. The number of carbonyl (C=O) groups excluding carboxylic acids is 2. The van der Waals surface area contributed by atoms with Crippen molar-refractivity contribution in [3.63, 3.8) is 0 Å². The van der Waals surface area contributed by atoms with Gasteiger partial charge in [-0.15, -0.1) is 0 Å². The van der Waals surface area contributed by atoms with Crippen molar-refractivity contribution in [1.82, 2.24) is 10.2 Å². The quantitative estimate of drug-likeness (QED) is 0.502. The molecule has 0 radical (unpaired) electrons. The fourth-order valence-corrected chi connectivity index (χ4v) is 4.87. The van der Waals surface area contributed by atoms with Gasteiger partial charge < -0.3 is 10.2 Å². The van der Waals surface area contributed by atoms with Crippen molar-refractivity contribution < 1.29 is 18.0 Å². The highest BCUT2D eigenvalue weighted by atomic mass is 32.2. The van der Waals surface area contributed by atoms with E-state index in [9.17, 15) is 18.0 Å². The first-order chi connectivity index (χ1) is 16.4. The summed E-state index contributed by atoms with van der Waals surface area (Å²) in [4.78, 5) is 28.4. The van der Waals surface area contributed by atoms with Crippen LogP contribution < -0.4 is 9.62 Å². The van der Waals surface area contributed by atoms with Crippen LogP contribution in [-0.2, 0) is 26.2 Å². The first-order valence-electron chi connectivity index (χ1n) is 12.1. The summed E-state index contributed by atoms with van der Waals surface area (Å²) in [6.45, 7) is 11.3. The minimum absolute atomic E-state index is 0.0325. The van der Waals surface area contributed by atoms with Gasteiger partial charge in [-0.25, -0.2) is 8.42 Å². The second kappa shape index (κ2) is 12.2. The molecule has 2 amide bonds. The third kappa shape index (κ3) is 7.56. The zero-order chi connectivity index (χ0) is 26.3. The van der Waals surface area contributed by atoms with Crippen LogP contribution in [-0.4, -0.2) is 50.0 Å². The van der Waals surface area contributed by atoms with Crippen LogP contribution in [0.4, 0.5) is 5.69 Å². The van der Waals surface area contributed by atoms with Crippen molar-refractivity contribution in [3.8, 4) is 0 Å². The Morgan fingerprint density at radius 1 is 1.00 bits per heavy atom. The molecule has 0 bridgehead atoms. The van der Waals surface area contributed by atoms with Crippen LogP contribution in [0.1, 0.15) is 55.9 Å². The van der Waals surface area contributed by atoms with Gasteiger partial charge in [0, 0.05) is 12.6 Å². The second-order valence-corrected chi connectivity index (χ2v) is 11.1. The van der Waals surface area contributed by atoms with E-state index in [0.29, 0.717) is 12.1 Å².